The van der Waals surface area contributed by atoms with Crippen LogP contribution in [-0.4, -0.2) is 38.0 Å². The summed E-state index contributed by atoms with van der Waals surface area (Å²) in [6, 6.07) is 9.23. The van der Waals surface area contributed by atoms with Gasteiger partial charge in [0.2, 0.25) is 5.89 Å². The van der Waals surface area contributed by atoms with Gasteiger partial charge in [0.25, 0.3) is 5.91 Å². The van der Waals surface area contributed by atoms with Gasteiger partial charge in [0.05, 0.1) is 6.33 Å². The van der Waals surface area contributed by atoms with Gasteiger partial charge in [-0.15, -0.1) is 0 Å². The number of carbonyl (C=O) groups excluding carboxylic acids is 1. The van der Waals surface area contributed by atoms with E-state index in [9.17, 15) is 4.79 Å². The molecule has 1 amide bonds. The van der Waals surface area contributed by atoms with E-state index in [1.807, 2.05) is 37.3 Å². The molecule has 2 heterocycles. The molecule has 3 aromatic rings. The van der Waals surface area contributed by atoms with Crippen LogP contribution in [0.4, 0.5) is 0 Å². The maximum atomic E-state index is 12.8. The average Bonchev–Trinajstić information content (AvgIpc) is 3.22. The highest BCUT2D eigenvalue weighted by Gasteiger charge is 2.26. The van der Waals surface area contributed by atoms with Crippen molar-refractivity contribution in [2.45, 2.75) is 19.9 Å². The van der Waals surface area contributed by atoms with E-state index in [-0.39, 0.29) is 11.9 Å². The number of amides is 1. The van der Waals surface area contributed by atoms with Gasteiger partial charge in [0.15, 0.2) is 5.82 Å². The summed E-state index contributed by atoms with van der Waals surface area (Å²) in [5, 5.41) is 3.76. The van der Waals surface area contributed by atoms with Crippen LogP contribution in [0.25, 0.3) is 11.3 Å². The molecule has 7 nitrogen and oxygen atoms in total. The SMILES string of the molecule is Cc1noc([C@H](C)N(C)C(=O)c2[nH]cnc2-c2ccccc2)n1. The molecule has 1 N–H and O–H groups in total. The smallest absolute Gasteiger partial charge is 0.273 e. The van der Waals surface area contributed by atoms with Crippen molar-refractivity contribution in [1.29, 1.82) is 0 Å². The summed E-state index contributed by atoms with van der Waals surface area (Å²) in [4.78, 5) is 25.7. The fraction of sp³-hybridized carbons (Fsp3) is 0.250. The fourth-order valence-electron chi connectivity index (χ4n) is 2.27. The predicted octanol–water partition coefficient (Wildman–Crippen LogP) is 2.60. The quantitative estimate of drug-likeness (QED) is 0.800. The number of rotatable bonds is 4. The van der Waals surface area contributed by atoms with Gasteiger partial charge >= 0.3 is 0 Å². The van der Waals surface area contributed by atoms with Crippen molar-refractivity contribution in [1.82, 2.24) is 25.0 Å². The summed E-state index contributed by atoms with van der Waals surface area (Å²) in [6.07, 6.45) is 1.52. The second-order valence-electron chi connectivity index (χ2n) is 5.26. The van der Waals surface area contributed by atoms with Crippen molar-refractivity contribution >= 4 is 5.91 Å². The summed E-state index contributed by atoms with van der Waals surface area (Å²) in [5.41, 5.74) is 1.94. The van der Waals surface area contributed by atoms with Crippen LogP contribution in [-0.2, 0) is 0 Å². The monoisotopic (exact) mass is 311 g/mol. The van der Waals surface area contributed by atoms with Crippen molar-refractivity contribution in [3.05, 3.63) is 54.1 Å². The number of hydrogen-bond acceptors (Lipinski definition) is 5. The molecule has 23 heavy (non-hydrogen) atoms. The number of benzene rings is 1. The molecule has 0 unspecified atom stereocenters. The molecule has 0 radical (unpaired) electrons. The lowest BCUT2D eigenvalue weighted by Crippen LogP contribution is -2.30. The maximum absolute atomic E-state index is 12.8. The lowest BCUT2D eigenvalue weighted by atomic mass is 10.1. The molecule has 2 aromatic heterocycles. The summed E-state index contributed by atoms with van der Waals surface area (Å²) < 4.78 is 5.15. The first-order valence-corrected chi connectivity index (χ1v) is 7.24. The first-order valence-electron chi connectivity index (χ1n) is 7.24. The molecule has 0 aliphatic carbocycles. The Labute approximate surface area is 133 Å². The molecule has 0 aliphatic heterocycles. The third kappa shape index (κ3) is 2.85. The summed E-state index contributed by atoms with van der Waals surface area (Å²) >= 11 is 0. The Kier molecular flexibility index (Phi) is 3.92. The number of imidazole rings is 1. The lowest BCUT2D eigenvalue weighted by molar-refractivity contribution is 0.0711. The van der Waals surface area contributed by atoms with Crippen molar-refractivity contribution in [2.75, 3.05) is 7.05 Å². The van der Waals surface area contributed by atoms with E-state index >= 15 is 0 Å². The Bertz CT molecular complexity index is 809. The van der Waals surface area contributed by atoms with E-state index in [0.717, 1.165) is 5.56 Å². The number of H-pyrrole nitrogens is 1. The van der Waals surface area contributed by atoms with Crippen LogP contribution >= 0.6 is 0 Å². The molecule has 1 atom stereocenters. The van der Waals surface area contributed by atoms with E-state index in [1.54, 1.807) is 18.9 Å². The topological polar surface area (TPSA) is 87.9 Å². The minimum absolute atomic E-state index is 0.190. The molecular weight excluding hydrogens is 294 g/mol. The molecular formula is C16H17N5O2. The first kappa shape index (κ1) is 15.0. The van der Waals surface area contributed by atoms with Gasteiger partial charge < -0.3 is 14.4 Å². The predicted molar refractivity (Wildman–Crippen MR) is 83.6 cm³/mol. The average molecular weight is 311 g/mol. The number of aryl methyl sites for hydroxylation is 1. The second-order valence-corrected chi connectivity index (χ2v) is 5.26. The van der Waals surface area contributed by atoms with Gasteiger partial charge in [-0.1, -0.05) is 35.5 Å². The third-order valence-electron chi connectivity index (χ3n) is 3.70. The summed E-state index contributed by atoms with van der Waals surface area (Å²) in [5.74, 6) is 0.753. The summed E-state index contributed by atoms with van der Waals surface area (Å²) in [6.45, 7) is 3.58. The van der Waals surface area contributed by atoms with Crippen molar-refractivity contribution in [2.24, 2.45) is 0 Å². The van der Waals surface area contributed by atoms with Crippen LogP contribution < -0.4 is 0 Å². The highest BCUT2D eigenvalue weighted by Crippen LogP contribution is 2.24. The van der Waals surface area contributed by atoms with Crippen LogP contribution in [0.1, 0.15) is 35.2 Å². The zero-order valence-corrected chi connectivity index (χ0v) is 13.1. The number of aromatic nitrogens is 4. The zero-order valence-electron chi connectivity index (χ0n) is 13.1. The number of hydrogen-bond donors (Lipinski definition) is 1. The Hall–Kier alpha value is -2.96. The van der Waals surface area contributed by atoms with Crippen LogP contribution in [0.3, 0.4) is 0 Å². The Balaban J connectivity index is 1.88. The molecule has 0 saturated carbocycles. The minimum Gasteiger partial charge on any atom is -0.340 e. The third-order valence-corrected chi connectivity index (χ3v) is 3.70. The highest BCUT2D eigenvalue weighted by molar-refractivity contribution is 5.98. The number of nitrogens with one attached hydrogen (secondary N) is 1. The lowest BCUT2D eigenvalue weighted by Gasteiger charge is -2.21. The highest BCUT2D eigenvalue weighted by atomic mass is 16.5. The Morgan fingerprint density at radius 3 is 2.70 bits per heavy atom. The zero-order chi connectivity index (χ0) is 16.4. The van der Waals surface area contributed by atoms with Crippen LogP contribution in [0.15, 0.2) is 41.2 Å². The Morgan fingerprint density at radius 1 is 1.30 bits per heavy atom. The normalized spacial score (nSPS) is 12.1. The van der Waals surface area contributed by atoms with E-state index in [4.69, 9.17) is 4.52 Å². The van der Waals surface area contributed by atoms with Gasteiger partial charge in [0, 0.05) is 12.6 Å². The van der Waals surface area contributed by atoms with E-state index < -0.39 is 0 Å². The van der Waals surface area contributed by atoms with Crippen LogP contribution in [0, 0.1) is 6.92 Å². The van der Waals surface area contributed by atoms with Gasteiger partial charge in [-0.2, -0.15) is 4.98 Å². The molecule has 1 aromatic carbocycles. The molecule has 118 valence electrons. The van der Waals surface area contributed by atoms with E-state index in [2.05, 4.69) is 20.1 Å². The molecule has 3 rings (SSSR count). The van der Waals surface area contributed by atoms with Gasteiger partial charge in [-0.25, -0.2) is 4.98 Å². The molecule has 7 heteroatoms. The molecule has 0 bridgehead atoms. The molecule has 0 spiro atoms. The van der Waals surface area contributed by atoms with Crippen molar-refractivity contribution in [3.63, 3.8) is 0 Å². The number of aromatic amines is 1. The van der Waals surface area contributed by atoms with Crippen LogP contribution in [0.5, 0.6) is 0 Å². The largest absolute Gasteiger partial charge is 0.340 e. The van der Waals surface area contributed by atoms with Gasteiger partial charge in [-0.05, 0) is 13.8 Å². The summed E-state index contributed by atoms with van der Waals surface area (Å²) in [7, 11) is 1.70. The molecule has 0 aliphatic rings. The fourth-order valence-corrected chi connectivity index (χ4v) is 2.27. The maximum Gasteiger partial charge on any atom is 0.273 e. The second kappa shape index (κ2) is 6.04. The van der Waals surface area contributed by atoms with Crippen LogP contribution in [0.2, 0.25) is 0 Å². The van der Waals surface area contributed by atoms with Crippen molar-refractivity contribution < 1.29 is 9.32 Å². The number of carbonyl (C=O) groups is 1. The first-order chi connectivity index (χ1) is 11.1. The Morgan fingerprint density at radius 2 is 2.04 bits per heavy atom. The number of nitrogens with zero attached hydrogens (tertiary/aromatic N) is 4. The standard InChI is InChI=1S/C16H17N5O2/c1-10(15-19-11(2)20-23-15)21(3)16(22)14-13(17-9-18-14)12-7-5-4-6-8-12/h4-10H,1-3H3,(H,17,18)/t10-/m0/s1. The minimum atomic E-state index is -0.337. The molecule has 0 saturated heterocycles. The van der Waals surface area contributed by atoms with Crippen molar-refractivity contribution in [3.8, 4) is 11.3 Å². The van der Waals surface area contributed by atoms with Gasteiger partial charge in [-0.3, -0.25) is 4.79 Å². The van der Waals surface area contributed by atoms with E-state index in [1.165, 1.54) is 6.33 Å². The van der Waals surface area contributed by atoms with E-state index in [0.29, 0.717) is 23.1 Å². The van der Waals surface area contributed by atoms with Gasteiger partial charge in [0.1, 0.15) is 17.4 Å². The molecule has 0 fully saturated rings.